The van der Waals surface area contributed by atoms with Gasteiger partial charge in [0.25, 0.3) is 0 Å². The SMILES string of the molecule is COC(=O)C(Cc1cc(C)c2[nH]nnc2c1)C(=O)OCc1ccccc1. The van der Waals surface area contributed by atoms with E-state index in [-0.39, 0.29) is 13.0 Å². The van der Waals surface area contributed by atoms with Crippen molar-refractivity contribution in [1.82, 2.24) is 15.4 Å². The number of benzene rings is 2. The zero-order valence-corrected chi connectivity index (χ0v) is 14.6. The Kier molecular flexibility index (Phi) is 5.26. The summed E-state index contributed by atoms with van der Waals surface area (Å²) in [5.41, 5.74) is 4.08. The van der Waals surface area contributed by atoms with Crippen LogP contribution in [0.5, 0.6) is 0 Å². The molecule has 0 radical (unpaired) electrons. The monoisotopic (exact) mass is 353 g/mol. The van der Waals surface area contributed by atoms with Crippen LogP contribution >= 0.6 is 0 Å². The van der Waals surface area contributed by atoms with Crippen LogP contribution in [0.3, 0.4) is 0 Å². The normalized spacial score (nSPS) is 11.9. The highest BCUT2D eigenvalue weighted by Gasteiger charge is 2.30. The average molecular weight is 353 g/mol. The highest BCUT2D eigenvalue weighted by Crippen LogP contribution is 2.20. The molecule has 0 aliphatic rings. The lowest BCUT2D eigenvalue weighted by molar-refractivity contribution is -0.161. The molecule has 1 aromatic heterocycles. The van der Waals surface area contributed by atoms with Crippen molar-refractivity contribution in [2.75, 3.05) is 7.11 Å². The molecular weight excluding hydrogens is 334 g/mol. The number of aryl methyl sites for hydroxylation is 1. The summed E-state index contributed by atoms with van der Waals surface area (Å²) in [4.78, 5) is 24.6. The zero-order valence-electron chi connectivity index (χ0n) is 14.6. The Labute approximate surface area is 150 Å². The minimum absolute atomic E-state index is 0.106. The van der Waals surface area contributed by atoms with Crippen LogP contribution in [0.4, 0.5) is 0 Å². The second-order valence-electron chi connectivity index (χ2n) is 5.99. The summed E-state index contributed by atoms with van der Waals surface area (Å²) in [5.74, 6) is -2.27. The average Bonchev–Trinajstić information content (AvgIpc) is 3.13. The van der Waals surface area contributed by atoms with Crippen LogP contribution in [0.1, 0.15) is 16.7 Å². The lowest BCUT2D eigenvalue weighted by atomic mass is 9.97. The lowest BCUT2D eigenvalue weighted by Gasteiger charge is -2.14. The van der Waals surface area contributed by atoms with Gasteiger partial charge in [-0.2, -0.15) is 0 Å². The fourth-order valence-corrected chi connectivity index (χ4v) is 2.78. The van der Waals surface area contributed by atoms with Gasteiger partial charge in [-0.15, -0.1) is 5.10 Å². The second kappa shape index (κ2) is 7.77. The molecule has 3 aromatic rings. The molecule has 3 rings (SSSR count). The highest BCUT2D eigenvalue weighted by molar-refractivity contribution is 5.95. The number of nitrogens with zero attached hydrogens (tertiary/aromatic N) is 2. The minimum Gasteiger partial charge on any atom is -0.468 e. The Bertz CT molecular complexity index is 921. The maximum Gasteiger partial charge on any atom is 0.321 e. The molecule has 0 fully saturated rings. The van der Waals surface area contributed by atoms with Crippen LogP contribution < -0.4 is 0 Å². The van der Waals surface area contributed by atoms with E-state index in [0.29, 0.717) is 5.52 Å². The Hall–Kier alpha value is -3.22. The number of carbonyl (C=O) groups excluding carboxylic acids is 2. The molecule has 1 N–H and O–H groups in total. The molecule has 7 heteroatoms. The third-order valence-corrected chi connectivity index (χ3v) is 4.13. The van der Waals surface area contributed by atoms with Gasteiger partial charge in [-0.25, -0.2) is 0 Å². The molecule has 2 aromatic carbocycles. The Morgan fingerprint density at radius 1 is 1.12 bits per heavy atom. The molecule has 26 heavy (non-hydrogen) atoms. The van der Waals surface area contributed by atoms with Gasteiger partial charge in [0.1, 0.15) is 12.1 Å². The van der Waals surface area contributed by atoms with Crippen molar-refractivity contribution >= 4 is 23.0 Å². The molecule has 1 heterocycles. The number of ether oxygens (including phenoxy) is 2. The first kappa shape index (κ1) is 17.6. The summed E-state index contributed by atoms with van der Waals surface area (Å²) in [5, 5.41) is 10.6. The summed E-state index contributed by atoms with van der Waals surface area (Å²) in [7, 11) is 1.26. The van der Waals surface area contributed by atoms with Crippen molar-refractivity contribution in [3.05, 3.63) is 59.2 Å². The Morgan fingerprint density at radius 2 is 1.88 bits per heavy atom. The molecule has 1 atom stereocenters. The number of carbonyl (C=O) groups is 2. The summed E-state index contributed by atoms with van der Waals surface area (Å²) in [6.07, 6.45) is 0.171. The van der Waals surface area contributed by atoms with Gasteiger partial charge in [0.2, 0.25) is 0 Å². The van der Waals surface area contributed by atoms with Gasteiger partial charge in [-0.3, -0.25) is 14.7 Å². The van der Waals surface area contributed by atoms with E-state index in [4.69, 9.17) is 9.47 Å². The molecule has 134 valence electrons. The van der Waals surface area contributed by atoms with Crippen molar-refractivity contribution in [3.8, 4) is 0 Å². The number of hydrogen-bond acceptors (Lipinski definition) is 6. The molecular formula is C19H19N3O4. The second-order valence-corrected chi connectivity index (χ2v) is 5.99. The molecule has 0 aliphatic heterocycles. The fourth-order valence-electron chi connectivity index (χ4n) is 2.78. The van der Waals surface area contributed by atoms with Crippen LogP contribution in [0.25, 0.3) is 11.0 Å². The number of rotatable bonds is 6. The van der Waals surface area contributed by atoms with E-state index < -0.39 is 17.9 Å². The van der Waals surface area contributed by atoms with Gasteiger partial charge in [-0.1, -0.05) is 41.6 Å². The van der Waals surface area contributed by atoms with Crippen molar-refractivity contribution in [2.24, 2.45) is 5.92 Å². The molecule has 0 aliphatic carbocycles. The fraction of sp³-hybridized carbons (Fsp3) is 0.263. The zero-order chi connectivity index (χ0) is 18.5. The number of aromatic nitrogens is 3. The van der Waals surface area contributed by atoms with Crippen molar-refractivity contribution in [3.63, 3.8) is 0 Å². The van der Waals surface area contributed by atoms with E-state index in [0.717, 1.165) is 22.2 Å². The smallest absolute Gasteiger partial charge is 0.321 e. The summed E-state index contributed by atoms with van der Waals surface area (Å²) in [6, 6.07) is 13.0. The molecule has 7 nitrogen and oxygen atoms in total. The van der Waals surface area contributed by atoms with E-state index in [1.54, 1.807) is 6.07 Å². The third kappa shape index (κ3) is 3.88. The standard InChI is InChI=1S/C19H19N3O4/c1-12-8-14(10-16-17(12)21-22-20-16)9-15(18(23)25-2)19(24)26-11-13-6-4-3-5-7-13/h3-8,10,15H,9,11H2,1-2H3,(H,20,21,22). The molecule has 0 saturated carbocycles. The first-order valence-corrected chi connectivity index (χ1v) is 8.17. The van der Waals surface area contributed by atoms with Gasteiger partial charge in [-0.05, 0) is 36.1 Å². The van der Waals surface area contributed by atoms with Crippen molar-refractivity contribution < 1.29 is 19.1 Å². The van der Waals surface area contributed by atoms with E-state index in [1.165, 1.54) is 7.11 Å². The van der Waals surface area contributed by atoms with Gasteiger partial charge in [0.15, 0.2) is 5.92 Å². The Balaban J connectivity index is 1.76. The van der Waals surface area contributed by atoms with E-state index >= 15 is 0 Å². The molecule has 0 spiro atoms. The summed E-state index contributed by atoms with van der Waals surface area (Å²) >= 11 is 0. The largest absolute Gasteiger partial charge is 0.468 e. The number of aromatic amines is 1. The van der Waals surface area contributed by atoms with Crippen LogP contribution in [0.2, 0.25) is 0 Å². The van der Waals surface area contributed by atoms with Crippen LogP contribution in [-0.2, 0) is 32.1 Å². The number of fused-ring (bicyclic) bond motifs is 1. The topological polar surface area (TPSA) is 94.2 Å². The molecule has 0 saturated heterocycles. The quantitative estimate of drug-likeness (QED) is 0.540. The van der Waals surface area contributed by atoms with Crippen molar-refractivity contribution in [2.45, 2.75) is 20.0 Å². The first-order chi connectivity index (χ1) is 12.6. The number of nitrogens with one attached hydrogen (secondary N) is 1. The number of esters is 2. The predicted octanol–water partition coefficient (Wildman–Crippen LogP) is 2.34. The number of hydrogen-bond donors (Lipinski definition) is 1. The molecule has 0 amide bonds. The van der Waals surface area contributed by atoms with Crippen LogP contribution in [0.15, 0.2) is 42.5 Å². The highest BCUT2D eigenvalue weighted by atomic mass is 16.5. The maximum absolute atomic E-state index is 12.5. The maximum atomic E-state index is 12.5. The van der Waals surface area contributed by atoms with Gasteiger partial charge in [0, 0.05) is 0 Å². The van der Waals surface area contributed by atoms with E-state index in [9.17, 15) is 9.59 Å². The third-order valence-electron chi connectivity index (χ3n) is 4.13. The summed E-state index contributed by atoms with van der Waals surface area (Å²) in [6.45, 7) is 2.01. The lowest BCUT2D eigenvalue weighted by Crippen LogP contribution is -2.29. The summed E-state index contributed by atoms with van der Waals surface area (Å²) < 4.78 is 10.1. The van der Waals surface area contributed by atoms with Crippen LogP contribution in [-0.4, -0.2) is 34.5 Å². The molecule has 0 bridgehead atoms. The minimum atomic E-state index is -1.03. The van der Waals surface area contributed by atoms with Gasteiger partial charge in [0.05, 0.1) is 12.6 Å². The number of H-pyrrole nitrogens is 1. The van der Waals surface area contributed by atoms with Crippen molar-refractivity contribution in [1.29, 1.82) is 0 Å². The van der Waals surface area contributed by atoms with E-state index in [2.05, 4.69) is 15.4 Å². The first-order valence-electron chi connectivity index (χ1n) is 8.17. The van der Waals surface area contributed by atoms with Crippen LogP contribution in [0, 0.1) is 12.8 Å². The number of methoxy groups -OCH3 is 1. The molecule has 1 unspecified atom stereocenters. The van der Waals surface area contributed by atoms with Gasteiger partial charge < -0.3 is 9.47 Å². The van der Waals surface area contributed by atoms with E-state index in [1.807, 2.05) is 43.3 Å². The predicted molar refractivity (Wildman–Crippen MR) is 94.1 cm³/mol. The Morgan fingerprint density at radius 3 is 2.62 bits per heavy atom. The van der Waals surface area contributed by atoms with Gasteiger partial charge >= 0.3 is 11.9 Å².